The first kappa shape index (κ1) is 14.9. The highest BCUT2D eigenvalue weighted by Gasteiger charge is 2.23. The second-order valence-electron chi connectivity index (χ2n) is 3.48. The summed E-state index contributed by atoms with van der Waals surface area (Å²) in [7, 11) is -2.52. The van der Waals surface area contributed by atoms with Crippen molar-refractivity contribution >= 4 is 31.9 Å². The standard InChI is InChI=1S/C10H12BrNO5S/c1-6(10(13)14)12-18(15,16)9-5-7(17-2)3-4-8(9)11/h3-6,12H,1-2H3,(H,13,14). The number of carbonyl (C=O) groups is 1. The average molecular weight is 338 g/mol. The van der Waals surface area contributed by atoms with Crippen LogP contribution in [-0.4, -0.2) is 32.6 Å². The quantitative estimate of drug-likeness (QED) is 0.842. The zero-order valence-corrected chi connectivity index (χ0v) is 12.1. The number of sulfonamides is 1. The van der Waals surface area contributed by atoms with Crippen molar-refractivity contribution in [2.75, 3.05) is 7.11 Å². The van der Waals surface area contributed by atoms with E-state index in [4.69, 9.17) is 9.84 Å². The highest BCUT2D eigenvalue weighted by atomic mass is 79.9. The van der Waals surface area contributed by atoms with Crippen LogP contribution in [-0.2, 0) is 14.8 Å². The van der Waals surface area contributed by atoms with Crippen LogP contribution in [0.25, 0.3) is 0 Å². The molecule has 0 bridgehead atoms. The van der Waals surface area contributed by atoms with Gasteiger partial charge in [-0.15, -0.1) is 0 Å². The minimum Gasteiger partial charge on any atom is -0.497 e. The highest BCUT2D eigenvalue weighted by molar-refractivity contribution is 9.10. The Hall–Kier alpha value is -1.12. The van der Waals surface area contributed by atoms with Gasteiger partial charge in [0.2, 0.25) is 10.0 Å². The third kappa shape index (κ3) is 3.44. The number of hydrogen-bond acceptors (Lipinski definition) is 4. The monoisotopic (exact) mass is 337 g/mol. The van der Waals surface area contributed by atoms with Gasteiger partial charge in [-0.2, -0.15) is 4.72 Å². The van der Waals surface area contributed by atoms with Crippen molar-refractivity contribution in [3.05, 3.63) is 22.7 Å². The Morgan fingerprint density at radius 3 is 2.61 bits per heavy atom. The molecule has 1 rings (SSSR count). The molecule has 0 aromatic heterocycles. The number of halogens is 1. The van der Waals surface area contributed by atoms with Gasteiger partial charge < -0.3 is 9.84 Å². The van der Waals surface area contributed by atoms with E-state index in [2.05, 4.69) is 20.7 Å². The van der Waals surface area contributed by atoms with Crippen LogP contribution in [0.2, 0.25) is 0 Å². The van der Waals surface area contributed by atoms with E-state index in [1.165, 1.54) is 26.2 Å². The molecule has 0 saturated heterocycles. The van der Waals surface area contributed by atoms with E-state index in [1.807, 2.05) is 0 Å². The molecule has 1 aromatic carbocycles. The molecule has 1 aromatic rings. The largest absolute Gasteiger partial charge is 0.497 e. The average Bonchev–Trinajstić information content (AvgIpc) is 2.28. The Labute approximate surface area is 113 Å². The lowest BCUT2D eigenvalue weighted by atomic mass is 10.3. The lowest BCUT2D eigenvalue weighted by Gasteiger charge is -2.12. The summed E-state index contributed by atoms with van der Waals surface area (Å²) < 4.78 is 31.3. The first-order valence-corrected chi connectivity index (χ1v) is 7.14. The molecular weight excluding hydrogens is 326 g/mol. The van der Waals surface area contributed by atoms with Crippen LogP contribution in [0.5, 0.6) is 5.75 Å². The van der Waals surface area contributed by atoms with Gasteiger partial charge in [-0.1, -0.05) is 0 Å². The summed E-state index contributed by atoms with van der Waals surface area (Å²) in [5, 5.41) is 8.70. The van der Waals surface area contributed by atoms with Gasteiger partial charge in [-0.25, -0.2) is 8.42 Å². The molecule has 0 fully saturated rings. The summed E-state index contributed by atoms with van der Waals surface area (Å²) in [4.78, 5) is 10.6. The molecule has 8 heteroatoms. The first-order valence-electron chi connectivity index (χ1n) is 4.86. The second kappa shape index (κ2) is 5.68. The van der Waals surface area contributed by atoms with E-state index in [9.17, 15) is 13.2 Å². The molecular formula is C10H12BrNO5S. The van der Waals surface area contributed by atoms with Crippen LogP contribution < -0.4 is 9.46 Å². The predicted molar refractivity (Wildman–Crippen MR) is 68.1 cm³/mol. The van der Waals surface area contributed by atoms with Gasteiger partial charge >= 0.3 is 5.97 Å². The number of rotatable bonds is 5. The molecule has 0 spiro atoms. The van der Waals surface area contributed by atoms with Crippen molar-refractivity contribution in [3.63, 3.8) is 0 Å². The number of aliphatic carboxylic acids is 1. The molecule has 0 saturated carbocycles. The van der Waals surface area contributed by atoms with Gasteiger partial charge in [0, 0.05) is 10.5 Å². The Morgan fingerprint density at radius 1 is 1.50 bits per heavy atom. The number of ether oxygens (including phenoxy) is 1. The van der Waals surface area contributed by atoms with Crippen molar-refractivity contribution in [2.45, 2.75) is 17.9 Å². The van der Waals surface area contributed by atoms with Crippen LogP contribution in [0.1, 0.15) is 6.92 Å². The van der Waals surface area contributed by atoms with Crippen molar-refractivity contribution < 1.29 is 23.1 Å². The summed E-state index contributed by atoms with van der Waals surface area (Å²) in [6.07, 6.45) is 0. The summed E-state index contributed by atoms with van der Waals surface area (Å²) in [6.45, 7) is 1.24. The van der Waals surface area contributed by atoms with Gasteiger partial charge in [0.25, 0.3) is 0 Å². The molecule has 18 heavy (non-hydrogen) atoms. The van der Waals surface area contributed by atoms with Gasteiger partial charge in [-0.3, -0.25) is 4.79 Å². The maximum atomic E-state index is 12.0. The summed E-state index contributed by atoms with van der Waals surface area (Å²) in [5.74, 6) is -0.890. The van der Waals surface area contributed by atoms with Crippen molar-refractivity contribution in [1.29, 1.82) is 0 Å². The molecule has 0 amide bonds. The van der Waals surface area contributed by atoms with E-state index in [0.717, 1.165) is 0 Å². The minimum atomic E-state index is -3.93. The Morgan fingerprint density at radius 2 is 2.11 bits per heavy atom. The lowest BCUT2D eigenvalue weighted by Crippen LogP contribution is -2.38. The number of methoxy groups -OCH3 is 1. The number of benzene rings is 1. The first-order chi connectivity index (χ1) is 8.27. The predicted octanol–water partition coefficient (Wildman–Crippen LogP) is 1.21. The number of carboxylic acids is 1. The van der Waals surface area contributed by atoms with E-state index in [1.54, 1.807) is 6.07 Å². The van der Waals surface area contributed by atoms with E-state index in [0.29, 0.717) is 10.2 Å². The SMILES string of the molecule is COc1ccc(Br)c(S(=O)(=O)NC(C)C(=O)O)c1. The molecule has 1 atom stereocenters. The molecule has 0 heterocycles. The second-order valence-corrected chi connectivity index (χ2v) is 6.01. The highest BCUT2D eigenvalue weighted by Crippen LogP contribution is 2.26. The third-order valence-electron chi connectivity index (χ3n) is 2.13. The van der Waals surface area contributed by atoms with Crippen LogP contribution in [0.4, 0.5) is 0 Å². The van der Waals surface area contributed by atoms with Crippen molar-refractivity contribution in [3.8, 4) is 5.75 Å². The van der Waals surface area contributed by atoms with E-state index >= 15 is 0 Å². The molecule has 1 unspecified atom stereocenters. The molecule has 2 N–H and O–H groups in total. The van der Waals surface area contributed by atoms with Crippen LogP contribution in [0.3, 0.4) is 0 Å². The van der Waals surface area contributed by atoms with Gasteiger partial charge in [-0.05, 0) is 35.0 Å². The number of hydrogen-bond donors (Lipinski definition) is 2. The maximum Gasteiger partial charge on any atom is 0.321 e. The van der Waals surface area contributed by atoms with Gasteiger partial charge in [0.05, 0.1) is 12.0 Å². The fourth-order valence-electron chi connectivity index (χ4n) is 1.16. The fourth-order valence-corrected chi connectivity index (χ4v) is 3.34. The Balaban J connectivity index is 3.16. The maximum absolute atomic E-state index is 12.0. The number of carboxylic acid groups (broad SMARTS) is 1. The normalized spacial score (nSPS) is 13.1. The lowest BCUT2D eigenvalue weighted by molar-refractivity contribution is -0.138. The Kier molecular flexibility index (Phi) is 4.71. The molecule has 100 valence electrons. The van der Waals surface area contributed by atoms with Crippen molar-refractivity contribution in [2.24, 2.45) is 0 Å². The molecule has 0 radical (unpaired) electrons. The Bertz CT molecular complexity index is 557. The third-order valence-corrected chi connectivity index (χ3v) is 4.66. The van der Waals surface area contributed by atoms with E-state index in [-0.39, 0.29) is 4.90 Å². The van der Waals surface area contributed by atoms with Crippen LogP contribution in [0, 0.1) is 0 Å². The zero-order valence-electron chi connectivity index (χ0n) is 9.68. The zero-order chi connectivity index (χ0) is 13.9. The smallest absolute Gasteiger partial charge is 0.321 e. The molecule has 0 aliphatic rings. The molecule has 0 aliphatic heterocycles. The summed E-state index contributed by atoms with van der Waals surface area (Å²) in [6, 6.07) is 3.19. The molecule has 0 aliphatic carbocycles. The van der Waals surface area contributed by atoms with E-state index < -0.39 is 22.0 Å². The summed E-state index contributed by atoms with van der Waals surface area (Å²) >= 11 is 3.10. The molecule has 6 nitrogen and oxygen atoms in total. The summed E-state index contributed by atoms with van der Waals surface area (Å²) in [5.41, 5.74) is 0. The van der Waals surface area contributed by atoms with Crippen LogP contribution >= 0.6 is 15.9 Å². The van der Waals surface area contributed by atoms with Gasteiger partial charge in [0.15, 0.2) is 0 Å². The van der Waals surface area contributed by atoms with Crippen molar-refractivity contribution in [1.82, 2.24) is 4.72 Å². The van der Waals surface area contributed by atoms with Crippen LogP contribution in [0.15, 0.2) is 27.6 Å². The topological polar surface area (TPSA) is 92.7 Å². The van der Waals surface area contributed by atoms with Gasteiger partial charge in [0.1, 0.15) is 11.8 Å². The minimum absolute atomic E-state index is 0.0741. The number of nitrogens with one attached hydrogen (secondary N) is 1. The fraction of sp³-hybridized carbons (Fsp3) is 0.300.